The molecule has 3 rings (SSSR count). The first-order valence-electron chi connectivity index (χ1n) is 7.52. The Labute approximate surface area is 127 Å². The predicted molar refractivity (Wildman–Crippen MR) is 71.5 cm³/mol. The van der Waals surface area contributed by atoms with Crippen molar-refractivity contribution in [1.82, 2.24) is 4.90 Å². The molecule has 0 aromatic rings. The van der Waals surface area contributed by atoms with Crippen LogP contribution < -0.4 is 21.2 Å². The van der Waals surface area contributed by atoms with Crippen molar-refractivity contribution in [2.75, 3.05) is 25.2 Å². The fraction of sp³-hybridized carbons (Fsp3) is 1.00. The molecule has 1 saturated heterocycles. The summed E-state index contributed by atoms with van der Waals surface area (Å²) < 4.78 is 6.53. The van der Waals surface area contributed by atoms with E-state index in [1.807, 2.05) is 0 Å². The first-order chi connectivity index (χ1) is 9.10. The van der Waals surface area contributed by atoms with Gasteiger partial charge in [0.25, 0.3) is 0 Å². The van der Waals surface area contributed by atoms with Crippen molar-refractivity contribution in [3.8, 4) is 0 Å². The van der Waals surface area contributed by atoms with Crippen LogP contribution in [0.25, 0.3) is 0 Å². The van der Waals surface area contributed by atoms with Gasteiger partial charge in [-0.2, -0.15) is 0 Å². The van der Waals surface area contributed by atoms with Gasteiger partial charge in [-0.15, -0.1) is 0 Å². The standard InChI is InChI=1S/C15H27INO2/c1-8-13-11(15-14(8)17(15)4)5-10(6-18)12(13)7-19-9(2)16-3/h8-15,18H,5-7H2,1-4H3/q-1. The molecular formula is C15H27INO2-. The number of halogens is 1. The van der Waals surface area contributed by atoms with Crippen molar-refractivity contribution in [2.45, 2.75) is 36.5 Å². The van der Waals surface area contributed by atoms with Gasteiger partial charge in [-0.05, 0) is 0 Å². The number of hydrogen-bond donors (Lipinski definition) is 1. The summed E-state index contributed by atoms with van der Waals surface area (Å²) in [7, 11) is 2.27. The van der Waals surface area contributed by atoms with Gasteiger partial charge >= 0.3 is 127 Å². The summed E-state index contributed by atoms with van der Waals surface area (Å²) in [5.74, 6) is 3.49. The minimum absolute atomic E-state index is 0.177. The molecule has 3 nitrogen and oxygen atoms in total. The summed E-state index contributed by atoms with van der Waals surface area (Å²) in [4.78, 5) is 4.83. The molecule has 2 aliphatic carbocycles. The summed E-state index contributed by atoms with van der Waals surface area (Å²) in [6, 6.07) is 1.64. The molecule has 9 unspecified atom stereocenters. The molecule has 4 heteroatoms. The number of piperidine rings is 1. The van der Waals surface area contributed by atoms with E-state index in [0.29, 0.717) is 22.6 Å². The van der Waals surface area contributed by atoms with Crippen molar-refractivity contribution >= 4 is 0 Å². The molecule has 0 amide bonds. The van der Waals surface area contributed by atoms with Crippen LogP contribution in [0.3, 0.4) is 0 Å². The first kappa shape index (κ1) is 14.5. The number of hydrogen-bond acceptors (Lipinski definition) is 3. The average molecular weight is 380 g/mol. The maximum atomic E-state index is 9.70. The zero-order valence-electron chi connectivity index (χ0n) is 12.4. The van der Waals surface area contributed by atoms with Gasteiger partial charge < -0.3 is 0 Å². The van der Waals surface area contributed by atoms with Crippen LogP contribution in [0.15, 0.2) is 0 Å². The van der Waals surface area contributed by atoms with Crippen molar-refractivity contribution in [3.63, 3.8) is 0 Å². The Bertz CT molecular complexity index is 340. The molecule has 0 radical (unpaired) electrons. The van der Waals surface area contributed by atoms with Crippen molar-refractivity contribution in [1.29, 1.82) is 0 Å². The molecular weight excluding hydrogens is 353 g/mol. The third kappa shape index (κ3) is 2.27. The minimum atomic E-state index is 0.177. The number of aliphatic hydroxyl groups excluding tert-OH is 1. The Morgan fingerprint density at radius 3 is 2.79 bits per heavy atom. The first-order valence-corrected chi connectivity index (χ1v) is 10.9. The van der Waals surface area contributed by atoms with E-state index in [9.17, 15) is 5.11 Å². The normalized spacial score (nSPS) is 53.1. The molecule has 0 aromatic heterocycles. The summed E-state index contributed by atoms with van der Waals surface area (Å²) >= 11 is 0.177. The monoisotopic (exact) mass is 380 g/mol. The molecule has 1 N–H and O–H groups in total. The molecule has 3 fully saturated rings. The van der Waals surface area contributed by atoms with Crippen LogP contribution in [-0.4, -0.2) is 51.4 Å². The fourth-order valence-corrected chi connectivity index (χ4v) is 5.64. The quantitative estimate of drug-likeness (QED) is 0.349. The number of nitrogens with zero attached hydrogens (tertiary/aromatic N) is 1. The van der Waals surface area contributed by atoms with Gasteiger partial charge in [0.1, 0.15) is 0 Å². The predicted octanol–water partition coefficient (Wildman–Crippen LogP) is -1.74. The van der Waals surface area contributed by atoms with Crippen LogP contribution in [0.1, 0.15) is 20.3 Å². The van der Waals surface area contributed by atoms with Crippen LogP contribution >= 0.6 is 0 Å². The molecule has 2 saturated carbocycles. The fourth-order valence-electron chi connectivity index (χ4n) is 5.08. The van der Waals surface area contributed by atoms with E-state index in [0.717, 1.165) is 36.4 Å². The second kappa shape index (κ2) is 5.43. The van der Waals surface area contributed by atoms with Gasteiger partial charge in [0.15, 0.2) is 0 Å². The van der Waals surface area contributed by atoms with E-state index in [4.69, 9.17) is 4.74 Å². The van der Waals surface area contributed by atoms with Crippen molar-refractivity contribution in [2.24, 2.45) is 29.6 Å². The van der Waals surface area contributed by atoms with E-state index >= 15 is 0 Å². The van der Waals surface area contributed by atoms with Gasteiger partial charge in [0.05, 0.1) is 0 Å². The molecule has 0 bridgehead atoms. The Hall–Kier alpha value is 0.610. The second-order valence-corrected chi connectivity index (χ2v) is 9.68. The van der Waals surface area contributed by atoms with Crippen molar-refractivity contribution in [3.05, 3.63) is 0 Å². The molecule has 3 aliphatic rings. The molecule has 0 aromatic carbocycles. The van der Waals surface area contributed by atoms with Gasteiger partial charge in [0, 0.05) is 0 Å². The number of likely N-dealkylation sites (tertiary alicyclic amines) is 1. The third-order valence-electron chi connectivity index (χ3n) is 6.01. The maximum absolute atomic E-state index is 9.70. The number of ether oxygens (including phenoxy) is 1. The van der Waals surface area contributed by atoms with E-state index in [-0.39, 0.29) is 21.2 Å². The van der Waals surface area contributed by atoms with Crippen LogP contribution in [0.2, 0.25) is 0 Å². The summed E-state index contributed by atoms with van der Waals surface area (Å²) in [6.07, 6.45) is 1.22. The van der Waals surface area contributed by atoms with Gasteiger partial charge in [-0.25, -0.2) is 0 Å². The Morgan fingerprint density at radius 1 is 1.42 bits per heavy atom. The van der Waals surface area contributed by atoms with Gasteiger partial charge in [-0.1, -0.05) is 0 Å². The Morgan fingerprint density at radius 2 is 2.16 bits per heavy atom. The Balaban J connectivity index is 1.68. The molecule has 19 heavy (non-hydrogen) atoms. The zero-order chi connectivity index (χ0) is 13.7. The molecule has 1 aliphatic heterocycles. The summed E-state index contributed by atoms with van der Waals surface area (Å²) in [5.41, 5.74) is 0. The third-order valence-corrected chi connectivity index (χ3v) is 8.13. The van der Waals surface area contributed by atoms with E-state index in [2.05, 4.69) is 30.7 Å². The second-order valence-electron chi connectivity index (χ2n) is 6.68. The summed E-state index contributed by atoms with van der Waals surface area (Å²) in [6.45, 7) is 5.87. The number of likely N-dealkylation sites (N-methyl/N-ethyl adjacent to an activating group) is 1. The van der Waals surface area contributed by atoms with Crippen molar-refractivity contribution < 1.29 is 31.0 Å². The van der Waals surface area contributed by atoms with E-state index in [1.54, 1.807) is 0 Å². The van der Waals surface area contributed by atoms with Crippen LogP contribution in [-0.2, 0) is 4.74 Å². The van der Waals surface area contributed by atoms with Gasteiger partial charge in [-0.3, -0.25) is 0 Å². The summed E-state index contributed by atoms with van der Waals surface area (Å²) in [5, 5.41) is 9.70. The number of alkyl halides is 2. The van der Waals surface area contributed by atoms with E-state index in [1.165, 1.54) is 6.42 Å². The van der Waals surface area contributed by atoms with E-state index < -0.39 is 0 Å². The average Bonchev–Trinajstić information content (AvgIpc) is 2.81. The zero-order valence-corrected chi connectivity index (χ0v) is 14.6. The number of fused-ring (bicyclic) bond motifs is 3. The Kier molecular flexibility index (Phi) is 4.15. The number of rotatable bonds is 5. The molecule has 0 spiro atoms. The number of aliphatic hydroxyl groups is 1. The van der Waals surface area contributed by atoms with Crippen LogP contribution in [0.4, 0.5) is 0 Å². The van der Waals surface area contributed by atoms with Gasteiger partial charge in [0.2, 0.25) is 0 Å². The molecule has 112 valence electrons. The topological polar surface area (TPSA) is 32.5 Å². The van der Waals surface area contributed by atoms with Crippen LogP contribution in [0.5, 0.6) is 0 Å². The van der Waals surface area contributed by atoms with Crippen LogP contribution in [0, 0.1) is 29.6 Å². The molecule has 9 atom stereocenters. The SMILES string of the molecule is C[I-]C(C)OCC1C(CO)CC2C1C(C)C1C2N1C. The molecule has 1 heterocycles.